The van der Waals surface area contributed by atoms with Crippen LogP contribution in [0.25, 0.3) is 0 Å². The summed E-state index contributed by atoms with van der Waals surface area (Å²) in [5, 5.41) is 11.4. The number of carbonyl (C=O) groups is 1. The summed E-state index contributed by atoms with van der Waals surface area (Å²) in [6, 6.07) is 1.82. The SMILES string of the molecule is CC1CN(C(=O)c2csc(Br)c2)CC1O. The maximum atomic E-state index is 12.0. The van der Waals surface area contributed by atoms with E-state index in [-0.39, 0.29) is 17.9 Å². The number of likely N-dealkylation sites (tertiary alicyclic amines) is 1. The van der Waals surface area contributed by atoms with Gasteiger partial charge in [0.25, 0.3) is 5.91 Å². The van der Waals surface area contributed by atoms with Gasteiger partial charge in [-0.05, 0) is 22.0 Å². The molecule has 3 nitrogen and oxygen atoms in total. The van der Waals surface area contributed by atoms with Crippen molar-refractivity contribution in [1.82, 2.24) is 4.90 Å². The van der Waals surface area contributed by atoms with Crippen LogP contribution in [-0.2, 0) is 0 Å². The second kappa shape index (κ2) is 4.23. The lowest BCUT2D eigenvalue weighted by molar-refractivity contribution is 0.0765. The number of aliphatic hydroxyl groups is 1. The van der Waals surface area contributed by atoms with Gasteiger partial charge in [0.2, 0.25) is 0 Å². The molecular formula is C10H12BrNO2S. The first-order chi connectivity index (χ1) is 7.08. The van der Waals surface area contributed by atoms with Gasteiger partial charge in [0.1, 0.15) is 0 Å². The zero-order chi connectivity index (χ0) is 11.0. The minimum absolute atomic E-state index is 0.0142. The molecule has 0 bridgehead atoms. The largest absolute Gasteiger partial charge is 0.391 e. The number of β-amino-alcohol motifs (C(OH)–C–C–N with tert-alkyl or cyclic N) is 1. The Hall–Kier alpha value is -0.390. The standard InChI is InChI=1S/C10H12BrNO2S/c1-6-3-12(4-8(6)13)10(14)7-2-9(11)15-5-7/h2,5-6,8,13H,3-4H2,1H3. The fourth-order valence-electron chi connectivity index (χ4n) is 1.72. The minimum Gasteiger partial charge on any atom is -0.391 e. The molecule has 1 aliphatic heterocycles. The van der Waals surface area contributed by atoms with Gasteiger partial charge in [-0.15, -0.1) is 11.3 Å². The number of hydrogen-bond donors (Lipinski definition) is 1. The summed E-state index contributed by atoms with van der Waals surface area (Å²) in [5.41, 5.74) is 0.702. The van der Waals surface area contributed by atoms with Crippen molar-refractivity contribution in [2.24, 2.45) is 5.92 Å². The van der Waals surface area contributed by atoms with Crippen molar-refractivity contribution in [3.8, 4) is 0 Å². The highest BCUT2D eigenvalue weighted by molar-refractivity contribution is 9.11. The summed E-state index contributed by atoms with van der Waals surface area (Å²) in [6.07, 6.45) is -0.379. The molecule has 0 spiro atoms. The monoisotopic (exact) mass is 289 g/mol. The molecule has 82 valence electrons. The number of hydrogen-bond acceptors (Lipinski definition) is 3. The highest BCUT2D eigenvalue weighted by atomic mass is 79.9. The number of halogens is 1. The molecule has 2 unspecified atom stereocenters. The van der Waals surface area contributed by atoms with Crippen LogP contribution in [0.3, 0.4) is 0 Å². The number of aliphatic hydroxyl groups excluding tert-OH is 1. The van der Waals surface area contributed by atoms with Crippen LogP contribution in [-0.4, -0.2) is 35.1 Å². The molecule has 1 aromatic rings. The Balaban J connectivity index is 2.10. The number of carbonyl (C=O) groups excluding carboxylic acids is 1. The zero-order valence-corrected chi connectivity index (χ0v) is 10.7. The Kier molecular flexibility index (Phi) is 3.13. The first kappa shape index (κ1) is 11.1. The van der Waals surface area contributed by atoms with Gasteiger partial charge in [0, 0.05) is 24.4 Å². The second-order valence-electron chi connectivity index (χ2n) is 3.89. The minimum atomic E-state index is -0.379. The van der Waals surface area contributed by atoms with E-state index in [9.17, 15) is 9.90 Å². The van der Waals surface area contributed by atoms with Gasteiger partial charge in [-0.25, -0.2) is 0 Å². The molecule has 2 atom stereocenters. The van der Waals surface area contributed by atoms with E-state index in [4.69, 9.17) is 0 Å². The van der Waals surface area contributed by atoms with Gasteiger partial charge in [-0.1, -0.05) is 6.92 Å². The lowest BCUT2D eigenvalue weighted by atomic mass is 10.1. The molecule has 1 aliphatic rings. The predicted molar refractivity (Wildman–Crippen MR) is 63.1 cm³/mol. The summed E-state index contributed by atoms with van der Waals surface area (Å²) >= 11 is 4.83. The van der Waals surface area contributed by atoms with E-state index in [1.807, 2.05) is 18.4 Å². The molecule has 0 aliphatic carbocycles. The van der Waals surface area contributed by atoms with Crippen molar-refractivity contribution in [3.63, 3.8) is 0 Å². The number of nitrogens with zero attached hydrogens (tertiary/aromatic N) is 1. The van der Waals surface area contributed by atoms with Gasteiger partial charge in [0.15, 0.2) is 0 Å². The molecule has 1 fully saturated rings. The van der Waals surface area contributed by atoms with Crippen LogP contribution < -0.4 is 0 Å². The molecule has 0 radical (unpaired) electrons. The van der Waals surface area contributed by atoms with Crippen LogP contribution in [0.15, 0.2) is 15.2 Å². The molecule has 15 heavy (non-hydrogen) atoms. The normalized spacial score (nSPS) is 25.9. The zero-order valence-electron chi connectivity index (χ0n) is 8.31. The highest BCUT2D eigenvalue weighted by Gasteiger charge is 2.31. The molecular weight excluding hydrogens is 278 g/mol. The Morgan fingerprint density at radius 2 is 2.40 bits per heavy atom. The van der Waals surface area contributed by atoms with Crippen molar-refractivity contribution < 1.29 is 9.90 Å². The maximum Gasteiger partial charge on any atom is 0.254 e. The topological polar surface area (TPSA) is 40.5 Å². The van der Waals surface area contributed by atoms with Gasteiger partial charge < -0.3 is 10.0 Å². The third-order valence-electron chi connectivity index (χ3n) is 2.67. The van der Waals surface area contributed by atoms with Crippen molar-refractivity contribution >= 4 is 33.2 Å². The molecule has 1 aromatic heterocycles. The second-order valence-corrected chi connectivity index (χ2v) is 6.18. The van der Waals surface area contributed by atoms with Gasteiger partial charge in [0.05, 0.1) is 15.5 Å². The number of rotatable bonds is 1. The Morgan fingerprint density at radius 3 is 2.87 bits per heavy atom. The van der Waals surface area contributed by atoms with Crippen LogP contribution in [0.1, 0.15) is 17.3 Å². The van der Waals surface area contributed by atoms with Crippen LogP contribution >= 0.6 is 27.3 Å². The third kappa shape index (κ3) is 2.24. The summed E-state index contributed by atoms with van der Waals surface area (Å²) in [7, 11) is 0. The summed E-state index contributed by atoms with van der Waals surface area (Å²) < 4.78 is 0.957. The van der Waals surface area contributed by atoms with E-state index in [1.165, 1.54) is 11.3 Å². The molecule has 0 aromatic carbocycles. The lowest BCUT2D eigenvalue weighted by Crippen LogP contribution is -2.29. The first-order valence-electron chi connectivity index (χ1n) is 4.79. The quantitative estimate of drug-likeness (QED) is 0.859. The Bertz CT molecular complexity index is 369. The van der Waals surface area contributed by atoms with E-state index in [0.29, 0.717) is 18.7 Å². The molecule has 1 saturated heterocycles. The van der Waals surface area contributed by atoms with E-state index in [0.717, 1.165) is 3.79 Å². The Labute approximate surface area is 101 Å². The summed E-state index contributed by atoms with van der Waals surface area (Å²) in [4.78, 5) is 13.7. The van der Waals surface area contributed by atoms with Crippen LogP contribution in [0.2, 0.25) is 0 Å². The van der Waals surface area contributed by atoms with E-state index in [2.05, 4.69) is 15.9 Å². The first-order valence-corrected chi connectivity index (χ1v) is 6.46. The smallest absolute Gasteiger partial charge is 0.254 e. The predicted octanol–water partition coefficient (Wildman–Crippen LogP) is 1.96. The average molecular weight is 290 g/mol. The third-order valence-corrected chi connectivity index (χ3v) is 4.18. The molecule has 1 N–H and O–H groups in total. The molecule has 2 rings (SSSR count). The maximum absolute atomic E-state index is 12.0. The average Bonchev–Trinajstić information content (AvgIpc) is 2.74. The molecule has 0 saturated carbocycles. The van der Waals surface area contributed by atoms with E-state index in [1.54, 1.807) is 4.90 Å². The summed E-state index contributed by atoms with van der Waals surface area (Å²) in [5.74, 6) is 0.191. The highest BCUT2D eigenvalue weighted by Crippen LogP contribution is 2.24. The molecule has 1 amide bonds. The number of thiophene rings is 1. The van der Waals surface area contributed by atoms with Crippen molar-refractivity contribution in [2.75, 3.05) is 13.1 Å². The van der Waals surface area contributed by atoms with Crippen molar-refractivity contribution in [3.05, 3.63) is 20.8 Å². The summed E-state index contributed by atoms with van der Waals surface area (Å²) in [6.45, 7) is 3.06. The van der Waals surface area contributed by atoms with Crippen LogP contribution in [0.4, 0.5) is 0 Å². The molecule has 2 heterocycles. The Morgan fingerprint density at radius 1 is 1.67 bits per heavy atom. The van der Waals surface area contributed by atoms with E-state index < -0.39 is 0 Å². The fourth-order valence-corrected chi connectivity index (χ4v) is 2.85. The van der Waals surface area contributed by atoms with Crippen molar-refractivity contribution in [1.29, 1.82) is 0 Å². The van der Waals surface area contributed by atoms with Gasteiger partial charge in [-0.3, -0.25) is 4.79 Å². The van der Waals surface area contributed by atoms with Crippen LogP contribution in [0, 0.1) is 5.92 Å². The van der Waals surface area contributed by atoms with E-state index >= 15 is 0 Å². The lowest BCUT2D eigenvalue weighted by Gasteiger charge is -2.14. The van der Waals surface area contributed by atoms with Gasteiger partial charge in [-0.2, -0.15) is 0 Å². The van der Waals surface area contributed by atoms with Crippen molar-refractivity contribution in [2.45, 2.75) is 13.0 Å². The van der Waals surface area contributed by atoms with Crippen LogP contribution in [0.5, 0.6) is 0 Å². The fraction of sp³-hybridized carbons (Fsp3) is 0.500. The number of amides is 1. The molecule has 5 heteroatoms. The van der Waals surface area contributed by atoms with Gasteiger partial charge >= 0.3 is 0 Å².